The summed E-state index contributed by atoms with van der Waals surface area (Å²) in [5.41, 5.74) is -1.06. The molecule has 2 rings (SSSR count). The lowest BCUT2D eigenvalue weighted by molar-refractivity contribution is -0.156. The van der Waals surface area contributed by atoms with E-state index in [1.807, 2.05) is 0 Å². The minimum atomic E-state index is -1.06. The predicted molar refractivity (Wildman–Crippen MR) is 45.7 cm³/mol. The van der Waals surface area contributed by atoms with Crippen molar-refractivity contribution in [2.45, 2.75) is 18.4 Å². The van der Waals surface area contributed by atoms with Crippen LogP contribution in [0.2, 0.25) is 0 Å². The van der Waals surface area contributed by atoms with Crippen molar-refractivity contribution in [3.63, 3.8) is 0 Å². The van der Waals surface area contributed by atoms with Gasteiger partial charge >= 0.3 is 5.97 Å². The quantitative estimate of drug-likeness (QED) is 0.714. The third-order valence-corrected chi connectivity index (χ3v) is 2.48. The molecule has 1 saturated heterocycles. The van der Waals surface area contributed by atoms with Crippen molar-refractivity contribution in [1.29, 1.82) is 0 Å². The van der Waals surface area contributed by atoms with Crippen molar-refractivity contribution in [2.24, 2.45) is 0 Å². The molecule has 6 nitrogen and oxygen atoms in total. The summed E-state index contributed by atoms with van der Waals surface area (Å²) < 4.78 is 6.57. The van der Waals surface area contributed by atoms with Crippen LogP contribution in [0.15, 0.2) is 12.4 Å². The summed E-state index contributed by atoms with van der Waals surface area (Å²) in [6.45, 7) is 0.773. The Hall–Kier alpha value is -1.43. The smallest absolute Gasteiger partial charge is 0.334 e. The standard InChI is InChI=1S/C8H11N3O3/c12-7(13)8(2-1-5-14-6-8)11-4-3-9-10-11/h3-4H,1-2,5-6H2,(H,12,13). The number of carbonyl (C=O) groups is 1. The lowest BCUT2D eigenvalue weighted by Crippen LogP contribution is -2.49. The third kappa shape index (κ3) is 1.27. The van der Waals surface area contributed by atoms with E-state index in [2.05, 4.69) is 10.3 Å². The second-order valence-electron chi connectivity index (χ2n) is 3.34. The number of aromatic nitrogens is 3. The van der Waals surface area contributed by atoms with E-state index in [1.165, 1.54) is 10.9 Å². The normalized spacial score (nSPS) is 27.4. The van der Waals surface area contributed by atoms with Crippen LogP contribution >= 0.6 is 0 Å². The summed E-state index contributed by atoms with van der Waals surface area (Å²) in [6, 6.07) is 0. The number of carboxylic acids is 1. The molecule has 1 aromatic rings. The molecule has 1 N–H and O–H groups in total. The predicted octanol–water partition coefficient (Wildman–Crippen LogP) is -0.132. The molecule has 14 heavy (non-hydrogen) atoms. The van der Waals surface area contributed by atoms with Crippen LogP contribution in [0, 0.1) is 0 Å². The van der Waals surface area contributed by atoms with Crippen molar-refractivity contribution < 1.29 is 14.6 Å². The minimum absolute atomic E-state index is 0.158. The lowest BCUT2D eigenvalue weighted by Gasteiger charge is -2.32. The number of nitrogens with zero attached hydrogens (tertiary/aromatic N) is 3. The Bertz CT molecular complexity index is 317. The van der Waals surface area contributed by atoms with E-state index in [4.69, 9.17) is 4.74 Å². The van der Waals surface area contributed by atoms with Gasteiger partial charge in [-0.15, -0.1) is 5.10 Å². The van der Waals surface area contributed by atoms with E-state index in [0.29, 0.717) is 13.0 Å². The van der Waals surface area contributed by atoms with Crippen LogP contribution in [0.5, 0.6) is 0 Å². The minimum Gasteiger partial charge on any atom is -0.479 e. The highest BCUT2D eigenvalue weighted by Gasteiger charge is 2.43. The van der Waals surface area contributed by atoms with Crippen LogP contribution in [-0.4, -0.2) is 39.3 Å². The molecule has 0 spiro atoms. The van der Waals surface area contributed by atoms with Crippen LogP contribution in [0.1, 0.15) is 12.8 Å². The Morgan fingerprint density at radius 2 is 2.50 bits per heavy atom. The van der Waals surface area contributed by atoms with Crippen LogP contribution in [0.3, 0.4) is 0 Å². The molecular weight excluding hydrogens is 186 g/mol. The molecule has 1 aliphatic rings. The van der Waals surface area contributed by atoms with Gasteiger partial charge in [-0.2, -0.15) is 0 Å². The monoisotopic (exact) mass is 197 g/mol. The fraction of sp³-hybridized carbons (Fsp3) is 0.625. The maximum absolute atomic E-state index is 11.2. The summed E-state index contributed by atoms with van der Waals surface area (Å²) in [5.74, 6) is -0.914. The summed E-state index contributed by atoms with van der Waals surface area (Å²) >= 11 is 0. The molecule has 2 heterocycles. The van der Waals surface area contributed by atoms with Crippen LogP contribution < -0.4 is 0 Å². The first-order chi connectivity index (χ1) is 6.76. The number of rotatable bonds is 2. The summed E-state index contributed by atoms with van der Waals surface area (Å²) in [5, 5.41) is 16.5. The number of aliphatic carboxylic acids is 1. The highest BCUT2D eigenvalue weighted by molar-refractivity contribution is 5.76. The molecule has 0 aliphatic carbocycles. The van der Waals surface area contributed by atoms with Crippen molar-refractivity contribution >= 4 is 5.97 Å². The largest absolute Gasteiger partial charge is 0.479 e. The molecule has 1 aromatic heterocycles. The fourth-order valence-corrected chi connectivity index (χ4v) is 1.66. The van der Waals surface area contributed by atoms with Gasteiger partial charge < -0.3 is 9.84 Å². The Morgan fingerprint density at radius 1 is 1.64 bits per heavy atom. The average Bonchev–Trinajstić information content (AvgIpc) is 2.72. The van der Waals surface area contributed by atoms with Crippen molar-refractivity contribution in [2.75, 3.05) is 13.2 Å². The highest BCUT2D eigenvalue weighted by atomic mass is 16.5. The number of hydrogen-bond acceptors (Lipinski definition) is 4. The average molecular weight is 197 g/mol. The van der Waals surface area contributed by atoms with Crippen molar-refractivity contribution in [3.8, 4) is 0 Å². The van der Waals surface area contributed by atoms with Gasteiger partial charge in [0.2, 0.25) is 0 Å². The van der Waals surface area contributed by atoms with Crippen LogP contribution in [0.25, 0.3) is 0 Å². The second kappa shape index (κ2) is 3.38. The van der Waals surface area contributed by atoms with Gasteiger partial charge in [-0.3, -0.25) is 0 Å². The van der Waals surface area contributed by atoms with E-state index < -0.39 is 11.5 Å². The molecule has 1 unspecified atom stereocenters. The van der Waals surface area contributed by atoms with E-state index in [-0.39, 0.29) is 6.61 Å². The molecule has 1 aliphatic heterocycles. The van der Waals surface area contributed by atoms with E-state index in [0.717, 1.165) is 6.42 Å². The number of ether oxygens (including phenoxy) is 1. The molecule has 0 aromatic carbocycles. The van der Waals surface area contributed by atoms with Gasteiger partial charge in [-0.05, 0) is 12.8 Å². The Morgan fingerprint density at radius 3 is 3.00 bits per heavy atom. The number of carboxylic acid groups (broad SMARTS) is 1. The summed E-state index contributed by atoms with van der Waals surface area (Å²) in [7, 11) is 0. The van der Waals surface area contributed by atoms with Gasteiger partial charge in [-0.25, -0.2) is 9.48 Å². The van der Waals surface area contributed by atoms with E-state index >= 15 is 0 Å². The summed E-state index contributed by atoms with van der Waals surface area (Å²) in [6.07, 6.45) is 4.29. The SMILES string of the molecule is O=C(O)C1(n2ccnn2)CCCOC1. The zero-order valence-electron chi connectivity index (χ0n) is 7.59. The lowest BCUT2D eigenvalue weighted by atomic mass is 9.93. The Kier molecular flexibility index (Phi) is 2.20. The Balaban J connectivity index is 2.35. The molecule has 0 bridgehead atoms. The van der Waals surface area contributed by atoms with Gasteiger partial charge in [0.15, 0.2) is 5.54 Å². The fourth-order valence-electron chi connectivity index (χ4n) is 1.66. The molecule has 0 radical (unpaired) electrons. The van der Waals surface area contributed by atoms with Crippen LogP contribution in [0.4, 0.5) is 0 Å². The molecule has 0 saturated carbocycles. The van der Waals surface area contributed by atoms with Gasteiger partial charge in [0.25, 0.3) is 0 Å². The van der Waals surface area contributed by atoms with Gasteiger partial charge in [-0.1, -0.05) is 5.21 Å². The van der Waals surface area contributed by atoms with E-state index in [1.54, 1.807) is 6.20 Å². The van der Waals surface area contributed by atoms with Crippen molar-refractivity contribution in [1.82, 2.24) is 15.0 Å². The molecule has 6 heteroatoms. The molecule has 1 atom stereocenters. The van der Waals surface area contributed by atoms with Gasteiger partial charge in [0.1, 0.15) is 0 Å². The maximum atomic E-state index is 11.2. The zero-order valence-corrected chi connectivity index (χ0v) is 7.59. The van der Waals surface area contributed by atoms with E-state index in [9.17, 15) is 9.90 Å². The summed E-state index contributed by atoms with van der Waals surface area (Å²) in [4.78, 5) is 11.2. The van der Waals surface area contributed by atoms with Gasteiger partial charge in [0.05, 0.1) is 12.8 Å². The van der Waals surface area contributed by atoms with Crippen LogP contribution in [-0.2, 0) is 15.1 Å². The maximum Gasteiger partial charge on any atom is 0.334 e. The third-order valence-electron chi connectivity index (χ3n) is 2.48. The molecule has 0 amide bonds. The molecular formula is C8H11N3O3. The molecule has 76 valence electrons. The Labute approximate surface area is 80.5 Å². The van der Waals surface area contributed by atoms with Gasteiger partial charge in [0, 0.05) is 12.8 Å². The topological polar surface area (TPSA) is 77.2 Å². The zero-order chi connectivity index (χ0) is 10.0. The number of hydrogen-bond donors (Lipinski definition) is 1. The molecule has 1 fully saturated rings. The second-order valence-corrected chi connectivity index (χ2v) is 3.34. The van der Waals surface area contributed by atoms with Crippen molar-refractivity contribution in [3.05, 3.63) is 12.4 Å². The first-order valence-corrected chi connectivity index (χ1v) is 4.44. The first kappa shape index (κ1) is 9.14. The highest BCUT2D eigenvalue weighted by Crippen LogP contribution is 2.26. The first-order valence-electron chi connectivity index (χ1n) is 4.44.